The number of thioether (sulfide) groups is 1. The number of nitrogens with one attached hydrogen (secondary N) is 1. The van der Waals surface area contributed by atoms with Gasteiger partial charge in [0.2, 0.25) is 11.7 Å². The van der Waals surface area contributed by atoms with E-state index in [4.69, 9.17) is 4.42 Å². The van der Waals surface area contributed by atoms with Crippen LogP contribution in [0.3, 0.4) is 0 Å². The quantitative estimate of drug-likeness (QED) is 0.691. The normalized spacial score (nSPS) is 24.6. The fraction of sp³-hybridized carbons (Fsp3) is 0.632. The van der Waals surface area contributed by atoms with Crippen LogP contribution in [0.5, 0.6) is 0 Å². The Morgan fingerprint density at radius 1 is 1.34 bits per heavy atom. The van der Waals surface area contributed by atoms with E-state index in [1.54, 1.807) is 13.2 Å². The minimum atomic E-state index is -3.07. The predicted octanol–water partition coefficient (Wildman–Crippen LogP) is 2.83. The van der Waals surface area contributed by atoms with Crippen LogP contribution in [0.4, 0.5) is 0 Å². The fourth-order valence-corrected chi connectivity index (χ4v) is 7.13. The highest BCUT2D eigenvalue weighted by Crippen LogP contribution is 2.35. The van der Waals surface area contributed by atoms with Crippen LogP contribution in [-0.2, 0) is 14.6 Å². The lowest BCUT2D eigenvalue weighted by Crippen LogP contribution is -2.47. The summed E-state index contributed by atoms with van der Waals surface area (Å²) in [5, 5.41) is 12.3. The van der Waals surface area contributed by atoms with Crippen molar-refractivity contribution >= 4 is 27.5 Å². The second kappa shape index (κ2) is 8.14. The predicted molar refractivity (Wildman–Crippen MR) is 110 cm³/mol. The third-order valence-corrected chi connectivity index (χ3v) is 8.47. The average molecular weight is 439 g/mol. The van der Waals surface area contributed by atoms with E-state index < -0.39 is 15.4 Å². The summed E-state index contributed by atoms with van der Waals surface area (Å²) in [5.41, 5.74) is -0.688. The molecule has 4 rings (SSSR count). The van der Waals surface area contributed by atoms with E-state index in [0.29, 0.717) is 29.2 Å². The van der Waals surface area contributed by atoms with Crippen molar-refractivity contribution < 1.29 is 17.6 Å². The molecule has 1 aliphatic carbocycles. The molecule has 158 valence electrons. The molecule has 8 nitrogen and oxygen atoms in total. The van der Waals surface area contributed by atoms with E-state index in [0.717, 1.165) is 25.7 Å². The summed E-state index contributed by atoms with van der Waals surface area (Å²) < 4.78 is 31.2. The Kier molecular flexibility index (Phi) is 5.74. The largest absolute Gasteiger partial charge is 0.461 e. The zero-order valence-electron chi connectivity index (χ0n) is 16.5. The molecule has 2 aromatic rings. The van der Waals surface area contributed by atoms with Gasteiger partial charge < -0.3 is 9.73 Å². The van der Waals surface area contributed by atoms with Crippen molar-refractivity contribution in [2.45, 2.75) is 62.2 Å². The van der Waals surface area contributed by atoms with Crippen LogP contribution >= 0.6 is 11.8 Å². The SMILES string of the molecule is C[C@]1(NC(=O)CSc2nnc(-c3ccco3)n2C2CCCCC2)CCS(=O)(=O)C1. The number of nitrogens with zero attached hydrogens (tertiary/aromatic N) is 3. The minimum absolute atomic E-state index is 0.00267. The van der Waals surface area contributed by atoms with Gasteiger partial charge in [0.15, 0.2) is 20.8 Å². The molecule has 1 saturated heterocycles. The van der Waals surface area contributed by atoms with Crippen molar-refractivity contribution in [1.29, 1.82) is 0 Å². The van der Waals surface area contributed by atoms with Crippen LogP contribution in [-0.4, -0.2) is 51.9 Å². The maximum absolute atomic E-state index is 12.5. The van der Waals surface area contributed by atoms with Gasteiger partial charge in [0.05, 0.1) is 29.1 Å². The second-order valence-corrected chi connectivity index (χ2v) is 11.3. The Bertz CT molecular complexity index is 965. The Hall–Kier alpha value is -1.81. The Morgan fingerprint density at radius 2 is 2.14 bits per heavy atom. The lowest BCUT2D eigenvalue weighted by molar-refractivity contribution is -0.120. The molecule has 0 bridgehead atoms. The molecule has 0 aromatic carbocycles. The number of carbonyl (C=O) groups is 1. The summed E-state index contributed by atoms with van der Waals surface area (Å²) >= 11 is 1.34. The maximum atomic E-state index is 12.5. The van der Waals surface area contributed by atoms with Crippen molar-refractivity contribution in [2.75, 3.05) is 17.3 Å². The van der Waals surface area contributed by atoms with Crippen LogP contribution in [0.25, 0.3) is 11.6 Å². The monoisotopic (exact) mass is 438 g/mol. The maximum Gasteiger partial charge on any atom is 0.230 e. The summed E-state index contributed by atoms with van der Waals surface area (Å²) in [5.74, 6) is 1.46. The van der Waals surface area contributed by atoms with Crippen LogP contribution in [0.2, 0.25) is 0 Å². The smallest absolute Gasteiger partial charge is 0.230 e. The van der Waals surface area contributed by atoms with Crippen molar-refractivity contribution in [2.24, 2.45) is 0 Å². The van der Waals surface area contributed by atoms with Gasteiger partial charge in [0, 0.05) is 6.04 Å². The molecule has 3 heterocycles. The Balaban J connectivity index is 1.48. The summed E-state index contributed by atoms with van der Waals surface area (Å²) in [7, 11) is -3.07. The number of aromatic nitrogens is 3. The first-order chi connectivity index (χ1) is 13.9. The van der Waals surface area contributed by atoms with Crippen LogP contribution in [0.1, 0.15) is 51.5 Å². The van der Waals surface area contributed by atoms with Crippen LogP contribution in [0.15, 0.2) is 28.0 Å². The lowest BCUT2D eigenvalue weighted by Gasteiger charge is -2.25. The molecule has 2 fully saturated rings. The Morgan fingerprint density at radius 3 is 2.79 bits per heavy atom. The molecule has 1 amide bonds. The highest BCUT2D eigenvalue weighted by Gasteiger charge is 2.39. The van der Waals surface area contributed by atoms with E-state index in [-0.39, 0.29) is 23.2 Å². The molecule has 0 spiro atoms. The molecular weight excluding hydrogens is 412 g/mol. The zero-order valence-corrected chi connectivity index (χ0v) is 18.1. The van der Waals surface area contributed by atoms with Gasteiger partial charge in [-0.25, -0.2) is 8.42 Å². The summed E-state index contributed by atoms with van der Waals surface area (Å²) in [6.45, 7) is 1.79. The Labute approximate surface area is 174 Å². The fourth-order valence-electron chi connectivity index (χ4n) is 4.23. The molecule has 1 N–H and O–H groups in total. The minimum Gasteiger partial charge on any atom is -0.461 e. The first-order valence-corrected chi connectivity index (χ1v) is 12.8. The number of furan rings is 1. The van der Waals surface area contributed by atoms with Crippen molar-refractivity contribution in [3.63, 3.8) is 0 Å². The molecule has 29 heavy (non-hydrogen) atoms. The number of amides is 1. The topological polar surface area (TPSA) is 107 Å². The highest BCUT2D eigenvalue weighted by molar-refractivity contribution is 7.99. The molecule has 1 aliphatic heterocycles. The number of hydrogen-bond acceptors (Lipinski definition) is 7. The summed E-state index contributed by atoms with van der Waals surface area (Å²) in [4.78, 5) is 12.5. The summed E-state index contributed by atoms with van der Waals surface area (Å²) in [6.07, 6.45) is 7.75. The molecule has 2 aliphatic rings. The van der Waals surface area contributed by atoms with E-state index >= 15 is 0 Å². The van der Waals surface area contributed by atoms with Crippen LogP contribution < -0.4 is 5.32 Å². The van der Waals surface area contributed by atoms with E-state index in [9.17, 15) is 13.2 Å². The number of hydrogen-bond donors (Lipinski definition) is 1. The van der Waals surface area contributed by atoms with Gasteiger partial charge >= 0.3 is 0 Å². The third-order valence-electron chi connectivity index (χ3n) is 5.62. The average Bonchev–Trinajstić information content (AvgIpc) is 3.39. The van der Waals surface area contributed by atoms with Gasteiger partial charge in [-0.1, -0.05) is 31.0 Å². The van der Waals surface area contributed by atoms with E-state index in [2.05, 4.69) is 20.1 Å². The number of sulfone groups is 1. The standard InChI is InChI=1S/C19H26N4O4S2/c1-19(9-11-29(25,26)13-19)20-16(24)12-28-18-22-21-17(15-8-5-10-27-15)23(18)14-6-3-2-4-7-14/h5,8,10,14H,2-4,6-7,9,11-13H2,1H3,(H,20,24)/t19-/m0/s1. The van der Waals surface area contributed by atoms with Gasteiger partial charge in [0.25, 0.3) is 0 Å². The van der Waals surface area contributed by atoms with Crippen LogP contribution in [0, 0.1) is 0 Å². The lowest BCUT2D eigenvalue weighted by atomic mass is 9.95. The van der Waals surface area contributed by atoms with Gasteiger partial charge in [0.1, 0.15) is 0 Å². The van der Waals surface area contributed by atoms with Gasteiger partial charge in [-0.2, -0.15) is 0 Å². The molecule has 0 unspecified atom stereocenters. The van der Waals surface area contributed by atoms with Crippen molar-refractivity contribution in [1.82, 2.24) is 20.1 Å². The third kappa shape index (κ3) is 4.69. The first-order valence-electron chi connectivity index (χ1n) is 9.98. The van der Waals surface area contributed by atoms with Crippen molar-refractivity contribution in [3.05, 3.63) is 18.4 Å². The molecule has 10 heteroatoms. The number of carbonyl (C=O) groups excluding carboxylic acids is 1. The van der Waals surface area contributed by atoms with Gasteiger partial charge in [-0.05, 0) is 38.3 Å². The molecule has 1 atom stereocenters. The molecule has 1 saturated carbocycles. The first kappa shape index (κ1) is 20.5. The summed E-state index contributed by atoms with van der Waals surface area (Å²) in [6, 6.07) is 3.99. The van der Waals surface area contributed by atoms with Crippen molar-refractivity contribution in [3.8, 4) is 11.6 Å². The molecule has 0 radical (unpaired) electrons. The van der Waals surface area contributed by atoms with Gasteiger partial charge in [-0.3, -0.25) is 9.36 Å². The molecule has 2 aromatic heterocycles. The van der Waals surface area contributed by atoms with E-state index in [1.807, 2.05) is 12.1 Å². The van der Waals surface area contributed by atoms with E-state index in [1.165, 1.54) is 18.2 Å². The number of rotatable bonds is 6. The molecular formula is C19H26N4O4S2. The second-order valence-electron chi connectivity index (χ2n) is 8.18. The van der Waals surface area contributed by atoms with Gasteiger partial charge in [-0.15, -0.1) is 10.2 Å². The zero-order chi connectivity index (χ0) is 20.5. The highest BCUT2D eigenvalue weighted by atomic mass is 32.2.